The SMILES string of the molecule is NCC(=O)O.O=P(O)(O)NC1O[C@H](CO)[C@@H](O)[C@H]1O. The Morgan fingerprint density at radius 2 is 1.79 bits per heavy atom. The lowest BCUT2D eigenvalue weighted by molar-refractivity contribution is -0.135. The zero-order valence-corrected chi connectivity index (χ0v) is 10.6. The van der Waals surface area contributed by atoms with Crippen molar-refractivity contribution < 1.29 is 44.3 Å². The molecule has 12 heteroatoms. The molecule has 0 saturated carbocycles. The highest BCUT2D eigenvalue weighted by Crippen LogP contribution is 2.32. The Balaban J connectivity index is 0.000000555. The van der Waals surface area contributed by atoms with E-state index in [4.69, 9.17) is 24.7 Å². The third kappa shape index (κ3) is 6.92. The van der Waals surface area contributed by atoms with Crippen molar-refractivity contribution in [2.45, 2.75) is 24.5 Å². The van der Waals surface area contributed by atoms with Crippen molar-refractivity contribution >= 4 is 13.7 Å². The summed E-state index contributed by atoms with van der Waals surface area (Å²) in [6, 6.07) is 0. The molecule has 0 aromatic heterocycles. The predicted octanol–water partition coefficient (Wildman–Crippen LogP) is -3.86. The molecule has 0 aromatic carbocycles. The zero-order valence-electron chi connectivity index (χ0n) is 9.66. The normalized spacial score (nSPS) is 30.6. The summed E-state index contributed by atoms with van der Waals surface area (Å²) < 4.78 is 15.2. The molecule has 0 spiro atoms. The molecule has 0 radical (unpaired) electrons. The van der Waals surface area contributed by atoms with Crippen LogP contribution in [0, 0.1) is 0 Å². The van der Waals surface area contributed by atoms with Gasteiger partial charge in [0.1, 0.15) is 24.5 Å². The first-order valence-electron chi connectivity index (χ1n) is 5.00. The second-order valence-corrected chi connectivity index (χ2v) is 4.88. The molecule has 4 atom stereocenters. The summed E-state index contributed by atoms with van der Waals surface area (Å²) in [5.74, 6) is -0.968. The molecule has 19 heavy (non-hydrogen) atoms. The highest BCUT2D eigenvalue weighted by atomic mass is 31.2. The number of rotatable bonds is 4. The molecule has 11 nitrogen and oxygen atoms in total. The van der Waals surface area contributed by atoms with E-state index in [-0.39, 0.29) is 6.54 Å². The van der Waals surface area contributed by atoms with E-state index in [0.717, 1.165) is 0 Å². The Labute approximate surface area is 107 Å². The topological polar surface area (TPSA) is 203 Å². The number of carbonyl (C=O) groups is 1. The molecule has 0 bridgehead atoms. The van der Waals surface area contributed by atoms with Gasteiger partial charge in [0, 0.05) is 0 Å². The van der Waals surface area contributed by atoms with Crippen molar-refractivity contribution in [1.82, 2.24) is 5.09 Å². The van der Waals surface area contributed by atoms with Crippen LogP contribution in [0.3, 0.4) is 0 Å². The first-order valence-corrected chi connectivity index (χ1v) is 6.61. The Bertz CT molecular complexity index is 335. The van der Waals surface area contributed by atoms with Crippen LogP contribution in [0.15, 0.2) is 0 Å². The Morgan fingerprint density at radius 3 is 2.05 bits per heavy atom. The van der Waals surface area contributed by atoms with E-state index in [0.29, 0.717) is 0 Å². The first-order chi connectivity index (χ1) is 8.62. The number of carboxylic acids is 1. The number of nitrogens with two attached hydrogens (primary N) is 1. The molecule has 1 saturated heterocycles. The monoisotopic (exact) mass is 304 g/mol. The minimum atomic E-state index is -4.54. The van der Waals surface area contributed by atoms with Crippen LogP contribution in [0.25, 0.3) is 0 Å². The molecule has 1 fully saturated rings. The van der Waals surface area contributed by atoms with Gasteiger partial charge in [0.05, 0.1) is 13.2 Å². The zero-order chi connectivity index (χ0) is 15.2. The van der Waals surface area contributed by atoms with Crippen molar-refractivity contribution in [3.05, 3.63) is 0 Å². The lowest BCUT2D eigenvalue weighted by atomic mass is 10.1. The average Bonchev–Trinajstić information content (AvgIpc) is 2.55. The summed E-state index contributed by atoms with van der Waals surface area (Å²) in [5, 5.41) is 36.4. The van der Waals surface area contributed by atoms with Gasteiger partial charge in [0.25, 0.3) is 0 Å². The summed E-state index contributed by atoms with van der Waals surface area (Å²) in [4.78, 5) is 26.3. The van der Waals surface area contributed by atoms with Gasteiger partial charge in [-0.2, -0.15) is 5.09 Å². The minimum absolute atomic E-state index is 0.278. The van der Waals surface area contributed by atoms with Crippen LogP contribution >= 0.6 is 7.75 Å². The predicted molar refractivity (Wildman–Crippen MR) is 59.6 cm³/mol. The van der Waals surface area contributed by atoms with E-state index >= 15 is 0 Å². The third-order valence-electron chi connectivity index (χ3n) is 2.01. The highest BCUT2D eigenvalue weighted by molar-refractivity contribution is 7.49. The molecule has 1 aliphatic rings. The summed E-state index contributed by atoms with van der Waals surface area (Å²) in [5.41, 5.74) is 4.57. The van der Waals surface area contributed by atoms with E-state index in [1.165, 1.54) is 0 Å². The Morgan fingerprint density at radius 1 is 1.32 bits per heavy atom. The van der Waals surface area contributed by atoms with Gasteiger partial charge in [0.15, 0.2) is 0 Å². The Hall–Kier alpha value is -0.620. The number of aliphatic carboxylic acids is 1. The molecular weight excluding hydrogens is 287 g/mol. The molecule has 1 aliphatic heterocycles. The Kier molecular flexibility index (Phi) is 7.59. The van der Waals surface area contributed by atoms with Gasteiger partial charge in [-0.15, -0.1) is 0 Å². The maximum absolute atomic E-state index is 10.5. The minimum Gasteiger partial charge on any atom is -0.480 e. The van der Waals surface area contributed by atoms with Gasteiger partial charge >= 0.3 is 13.7 Å². The van der Waals surface area contributed by atoms with Crippen molar-refractivity contribution in [2.24, 2.45) is 5.73 Å². The van der Waals surface area contributed by atoms with Crippen LogP contribution in [0.4, 0.5) is 0 Å². The van der Waals surface area contributed by atoms with Crippen molar-refractivity contribution in [3.8, 4) is 0 Å². The quantitative estimate of drug-likeness (QED) is 0.236. The second kappa shape index (κ2) is 7.85. The maximum atomic E-state index is 10.5. The fourth-order valence-electron chi connectivity index (χ4n) is 1.17. The number of carboxylic acid groups (broad SMARTS) is 1. The van der Waals surface area contributed by atoms with Gasteiger partial charge in [-0.3, -0.25) is 4.79 Å². The van der Waals surface area contributed by atoms with Crippen LogP contribution in [0.1, 0.15) is 0 Å². The summed E-state index contributed by atoms with van der Waals surface area (Å²) in [7, 11) is -4.54. The van der Waals surface area contributed by atoms with Crippen LogP contribution in [-0.2, 0) is 14.1 Å². The van der Waals surface area contributed by atoms with E-state index in [1.54, 1.807) is 5.09 Å². The molecule has 114 valence electrons. The summed E-state index contributed by atoms with van der Waals surface area (Å²) in [6.07, 6.45) is -5.29. The van der Waals surface area contributed by atoms with Crippen LogP contribution in [-0.4, -0.2) is 73.9 Å². The summed E-state index contributed by atoms with van der Waals surface area (Å²) >= 11 is 0. The number of aliphatic hydroxyl groups excluding tert-OH is 3. The molecule has 0 amide bonds. The lowest BCUT2D eigenvalue weighted by Crippen LogP contribution is -2.39. The fraction of sp³-hybridized carbons (Fsp3) is 0.857. The van der Waals surface area contributed by atoms with E-state index in [1.807, 2.05) is 0 Å². The number of ether oxygens (including phenoxy) is 1. The van der Waals surface area contributed by atoms with E-state index in [9.17, 15) is 19.6 Å². The van der Waals surface area contributed by atoms with Gasteiger partial charge in [-0.1, -0.05) is 0 Å². The standard InChI is InChI=1S/C5H12NO7P.C2H5NO2/c7-1-2-3(8)4(9)5(13-2)6-14(10,11)12;3-1-2(4)5/h2-5,7-9H,1H2,(H3,6,10,11,12);1,3H2,(H,4,5)/t2-,3-,4-,5?;/m1./s1. The summed E-state index contributed by atoms with van der Waals surface area (Å²) in [6.45, 7) is -0.822. The van der Waals surface area contributed by atoms with E-state index < -0.39 is 44.9 Å². The first kappa shape index (κ1) is 18.4. The second-order valence-electron chi connectivity index (χ2n) is 3.53. The van der Waals surface area contributed by atoms with Crippen LogP contribution in [0.2, 0.25) is 0 Å². The fourth-order valence-corrected chi connectivity index (χ4v) is 1.72. The number of aliphatic hydroxyl groups is 3. The number of nitrogens with one attached hydrogen (secondary N) is 1. The molecule has 1 unspecified atom stereocenters. The van der Waals surface area contributed by atoms with Crippen LogP contribution < -0.4 is 10.8 Å². The molecule has 1 heterocycles. The number of hydrogen-bond donors (Lipinski definition) is 8. The largest absolute Gasteiger partial charge is 0.480 e. The molecule has 0 aromatic rings. The van der Waals surface area contributed by atoms with Crippen molar-refractivity contribution in [3.63, 3.8) is 0 Å². The lowest BCUT2D eigenvalue weighted by Gasteiger charge is -2.16. The average molecular weight is 304 g/mol. The number of hydrogen-bond acceptors (Lipinski definition) is 7. The third-order valence-corrected chi connectivity index (χ3v) is 2.60. The molecule has 9 N–H and O–H groups in total. The molecule has 1 rings (SSSR count). The maximum Gasteiger partial charge on any atom is 0.402 e. The van der Waals surface area contributed by atoms with E-state index in [2.05, 4.69) is 5.73 Å². The van der Waals surface area contributed by atoms with Crippen molar-refractivity contribution in [2.75, 3.05) is 13.2 Å². The van der Waals surface area contributed by atoms with Gasteiger partial charge < -0.3 is 40.7 Å². The van der Waals surface area contributed by atoms with Crippen molar-refractivity contribution in [1.29, 1.82) is 0 Å². The highest BCUT2D eigenvalue weighted by Gasteiger charge is 2.44. The van der Waals surface area contributed by atoms with Gasteiger partial charge in [-0.05, 0) is 0 Å². The van der Waals surface area contributed by atoms with Gasteiger partial charge in [-0.25, -0.2) is 4.57 Å². The van der Waals surface area contributed by atoms with Crippen LogP contribution in [0.5, 0.6) is 0 Å². The smallest absolute Gasteiger partial charge is 0.402 e. The molecule has 0 aliphatic carbocycles. The van der Waals surface area contributed by atoms with Gasteiger partial charge in [0.2, 0.25) is 0 Å². The molecular formula is C7H17N2O9P.